The van der Waals surface area contributed by atoms with Crippen molar-refractivity contribution in [2.75, 3.05) is 6.61 Å². The van der Waals surface area contributed by atoms with Crippen molar-refractivity contribution in [3.63, 3.8) is 0 Å². The summed E-state index contributed by atoms with van der Waals surface area (Å²) in [5, 5.41) is 3.30. The lowest BCUT2D eigenvalue weighted by molar-refractivity contribution is 0.366. The highest BCUT2D eigenvalue weighted by molar-refractivity contribution is 7.58. The molecule has 1 nitrogen and oxygen atoms in total. The van der Waals surface area contributed by atoms with Crippen molar-refractivity contribution in [3.8, 4) is 0 Å². The first-order valence-electron chi connectivity index (χ1n) is 7.03. The average Bonchev–Trinajstić information content (AvgIpc) is 2.50. The van der Waals surface area contributed by atoms with E-state index < -0.39 is 15.4 Å². The van der Waals surface area contributed by atoms with Gasteiger partial charge in [0.2, 0.25) is 0 Å². The predicted octanol–water partition coefficient (Wildman–Crippen LogP) is 0.796. The minimum Gasteiger partial charge on any atom is -0.428 e. The van der Waals surface area contributed by atoms with Crippen LogP contribution in [0.2, 0.25) is 12.6 Å². The molecule has 0 saturated carbocycles. The molecule has 0 aliphatic carbocycles. The third-order valence-electron chi connectivity index (χ3n) is 4.43. The largest absolute Gasteiger partial charge is 0.428 e. The molecule has 1 saturated heterocycles. The van der Waals surface area contributed by atoms with Crippen LogP contribution in [0.4, 0.5) is 0 Å². The lowest BCUT2D eigenvalue weighted by Crippen LogP contribution is -2.72. The average molecular weight is 301 g/mol. The van der Waals surface area contributed by atoms with Crippen molar-refractivity contribution >= 4 is 35.1 Å². The van der Waals surface area contributed by atoms with Crippen molar-refractivity contribution in [3.05, 3.63) is 60.7 Å². The third-order valence-corrected chi connectivity index (χ3v) is 28.7. The Bertz CT molecular complexity index is 490. The zero-order valence-corrected chi connectivity index (χ0v) is 14.9. The van der Waals surface area contributed by atoms with Gasteiger partial charge in [0.05, 0.1) is 7.83 Å². The fourth-order valence-corrected chi connectivity index (χ4v) is 27.7. The molecule has 1 heterocycles. The van der Waals surface area contributed by atoms with Crippen LogP contribution in [0.1, 0.15) is 0 Å². The van der Waals surface area contributed by atoms with Crippen LogP contribution in [-0.4, -0.2) is 31.3 Å². The highest BCUT2D eigenvalue weighted by Gasteiger charge is 2.45. The Morgan fingerprint density at radius 3 is 1.95 bits per heavy atom. The molecule has 1 aliphatic rings. The summed E-state index contributed by atoms with van der Waals surface area (Å²) in [7, 11) is -2.46. The minimum atomic E-state index is -1.46. The SMILES string of the molecule is C[SiH]1[SiH2]OCC[Si]1(c1ccccc1)c1ccccc1. The molecule has 0 N–H and O–H groups in total. The normalized spacial score (nSPS) is 23.3. The lowest BCUT2D eigenvalue weighted by Gasteiger charge is -2.40. The van der Waals surface area contributed by atoms with E-state index in [9.17, 15) is 0 Å². The maximum atomic E-state index is 5.92. The van der Waals surface area contributed by atoms with Crippen molar-refractivity contribution in [2.24, 2.45) is 0 Å². The van der Waals surface area contributed by atoms with Gasteiger partial charge in [0.1, 0.15) is 16.9 Å². The lowest BCUT2D eigenvalue weighted by atomic mass is 10.4. The summed E-state index contributed by atoms with van der Waals surface area (Å²) >= 11 is 0. The van der Waals surface area contributed by atoms with Gasteiger partial charge in [-0.2, -0.15) is 0 Å². The Labute approximate surface area is 119 Å². The van der Waals surface area contributed by atoms with Gasteiger partial charge < -0.3 is 4.43 Å². The zero-order chi connectivity index (χ0) is 13.1. The second kappa shape index (κ2) is 5.58. The molecule has 0 aromatic heterocycles. The van der Waals surface area contributed by atoms with Gasteiger partial charge in [0, 0.05) is 6.61 Å². The summed E-state index contributed by atoms with van der Waals surface area (Å²) in [5.74, 6) is 0. The first-order valence-corrected chi connectivity index (χ1v) is 16.0. The Balaban J connectivity index is 2.16. The molecular weight excluding hydrogens is 280 g/mol. The molecule has 1 fully saturated rings. The van der Waals surface area contributed by atoms with E-state index in [1.165, 1.54) is 6.04 Å². The Morgan fingerprint density at radius 1 is 0.947 bits per heavy atom. The maximum Gasteiger partial charge on any atom is 0.145 e. The molecule has 1 unspecified atom stereocenters. The molecule has 1 atom stereocenters. The van der Waals surface area contributed by atoms with E-state index in [-0.39, 0.29) is 9.28 Å². The molecular formula is C15H20OSi3. The molecule has 98 valence electrons. The van der Waals surface area contributed by atoms with Gasteiger partial charge in [-0.3, -0.25) is 0 Å². The number of rotatable bonds is 2. The third kappa shape index (κ3) is 2.29. The maximum absolute atomic E-state index is 5.92. The van der Waals surface area contributed by atoms with Crippen molar-refractivity contribution in [1.82, 2.24) is 0 Å². The van der Waals surface area contributed by atoms with E-state index >= 15 is 0 Å². The van der Waals surface area contributed by atoms with Crippen LogP contribution < -0.4 is 10.4 Å². The van der Waals surface area contributed by atoms with Gasteiger partial charge in [-0.15, -0.1) is 0 Å². The van der Waals surface area contributed by atoms with Gasteiger partial charge in [-0.1, -0.05) is 77.6 Å². The van der Waals surface area contributed by atoms with Crippen molar-refractivity contribution in [1.29, 1.82) is 0 Å². The highest BCUT2D eigenvalue weighted by atomic mass is 29.6. The molecule has 0 radical (unpaired) electrons. The van der Waals surface area contributed by atoms with E-state index in [2.05, 4.69) is 67.2 Å². The first kappa shape index (κ1) is 13.1. The molecule has 2 aromatic carbocycles. The summed E-state index contributed by atoms with van der Waals surface area (Å²) in [4.78, 5) is 0. The molecule has 2 aromatic rings. The smallest absolute Gasteiger partial charge is 0.145 e. The Morgan fingerprint density at radius 2 is 1.47 bits per heavy atom. The predicted molar refractivity (Wildman–Crippen MR) is 90.2 cm³/mol. The first-order chi connectivity index (χ1) is 9.34. The quantitative estimate of drug-likeness (QED) is 0.746. The molecule has 0 spiro atoms. The molecule has 0 amide bonds. The minimum absolute atomic E-state index is 0.258. The van der Waals surface area contributed by atoms with E-state index in [4.69, 9.17) is 4.43 Å². The van der Waals surface area contributed by atoms with Gasteiger partial charge in [0.15, 0.2) is 0 Å². The molecule has 4 heteroatoms. The summed E-state index contributed by atoms with van der Waals surface area (Å²) in [6.07, 6.45) is 0. The van der Waals surface area contributed by atoms with Crippen molar-refractivity contribution < 1.29 is 4.43 Å². The molecule has 19 heavy (non-hydrogen) atoms. The van der Waals surface area contributed by atoms with Crippen LogP contribution in [0, 0.1) is 0 Å². The second-order valence-electron chi connectivity index (χ2n) is 5.43. The topological polar surface area (TPSA) is 9.23 Å². The Kier molecular flexibility index (Phi) is 3.84. The molecule has 3 rings (SSSR count). The number of hydrogen-bond donors (Lipinski definition) is 0. The summed E-state index contributed by atoms with van der Waals surface area (Å²) in [5.41, 5.74) is 0. The van der Waals surface area contributed by atoms with Crippen LogP contribution in [0.3, 0.4) is 0 Å². The van der Waals surface area contributed by atoms with Gasteiger partial charge in [0.25, 0.3) is 0 Å². The van der Waals surface area contributed by atoms with Crippen LogP contribution in [0.5, 0.6) is 0 Å². The van der Waals surface area contributed by atoms with E-state index in [0.717, 1.165) is 6.61 Å². The number of hydrogen-bond acceptors (Lipinski definition) is 1. The summed E-state index contributed by atoms with van der Waals surface area (Å²) in [6.45, 7) is 3.57. The van der Waals surface area contributed by atoms with Crippen LogP contribution in [-0.2, 0) is 4.43 Å². The second-order valence-corrected chi connectivity index (χ2v) is 24.6. The summed E-state index contributed by atoms with van der Waals surface area (Å²) in [6, 6.07) is 23.9. The summed E-state index contributed by atoms with van der Waals surface area (Å²) < 4.78 is 5.92. The standard InChI is InChI=1S/C15H20OSi3/c1-18-17-16-12-13-19(18,14-8-4-2-5-9-14)15-10-6-3-7-11-15/h2-11,18H,12-13,17H2,1H3. The van der Waals surface area contributed by atoms with Crippen LogP contribution in [0.25, 0.3) is 0 Å². The van der Waals surface area contributed by atoms with E-state index in [1.54, 1.807) is 10.4 Å². The monoisotopic (exact) mass is 300 g/mol. The molecule has 1 aliphatic heterocycles. The fraction of sp³-hybridized carbons (Fsp3) is 0.200. The number of benzene rings is 2. The van der Waals surface area contributed by atoms with Gasteiger partial charge in [-0.25, -0.2) is 0 Å². The van der Waals surface area contributed by atoms with Crippen molar-refractivity contribution in [2.45, 2.75) is 12.6 Å². The molecule has 0 bridgehead atoms. The highest BCUT2D eigenvalue weighted by Crippen LogP contribution is 2.18. The van der Waals surface area contributed by atoms with Crippen LogP contribution >= 0.6 is 0 Å². The Hall–Kier alpha value is -0.949. The van der Waals surface area contributed by atoms with Gasteiger partial charge >= 0.3 is 0 Å². The van der Waals surface area contributed by atoms with E-state index in [1.807, 2.05) is 0 Å². The van der Waals surface area contributed by atoms with E-state index in [0.29, 0.717) is 0 Å². The van der Waals surface area contributed by atoms with Crippen LogP contribution in [0.15, 0.2) is 60.7 Å². The fourth-order valence-electron chi connectivity index (χ4n) is 3.38. The zero-order valence-electron chi connectivity index (χ0n) is 11.4. The van der Waals surface area contributed by atoms with Gasteiger partial charge in [-0.05, 0) is 6.04 Å².